The van der Waals surface area contributed by atoms with E-state index < -0.39 is 24.4 Å². The molecule has 0 aromatic heterocycles. The maximum absolute atomic E-state index is 16.1. The van der Waals surface area contributed by atoms with Crippen LogP contribution in [-0.2, 0) is 9.47 Å². The molecule has 0 heterocycles. The van der Waals surface area contributed by atoms with Crippen LogP contribution in [0.3, 0.4) is 0 Å². The number of carboxylic acid groups (broad SMARTS) is 1. The Morgan fingerprint density at radius 2 is 1.00 bits per heavy atom. The van der Waals surface area contributed by atoms with Crippen LogP contribution >= 0.6 is 0 Å². The lowest BCUT2D eigenvalue weighted by Gasteiger charge is -2.54. The minimum absolute atomic E-state index is 0.0388. The summed E-state index contributed by atoms with van der Waals surface area (Å²) in [4.78, 5) is 12.1. The minimum Gasteiger partial charge on any atom is -0.478 e. The van der Waals surface area contributed by atoms with Gasteiger partial charge in [-0.25, -0.2) is 4.79 Å². The zero-order chi connectivity index (χ0) is 29.3. The molecular weight excluding hydrogens is 535 g/mol. The van der Waals surface area contributed by atoms with E-state index in [4.69, 9.17) is 18.9 Å². The summed E-state index contributed by atoms with van der Waals surface area (Å²) in [6, 6.07) is 2.53. The third kappa shape index (κ3) is 5.46. The first kappa shape index (κ1) is 28.9. The van der Waals surface area contributed by atoms with E-state index in [0.717, 1.165) is 23.7 Å². The lowest BCUT2D eigenvalue weighted by molar-refractivity contribution is -0.213. The summed E-state index contributed by atoms with van der Waals surface area (Å²) < 4.78 is 41.9. The van der Waals surface area contributed by atoms with Gasteiger partial charge in [-0.2, -0.15) is 4.39 Å². The van der Waals surface area contributed by atoms with Crippen LogP contribution in [0.5, 0.6) is 11.5 Å². The first-order valence-corrected chi connectivity index (χ1v) is 16.8. The van der Waals surface area contributed by atoms with Crippen molar-refractivity contribution in [1.82, 2.24) is 0 Å². The second-order valence-electron chi connectivity index (χ2n) is 15.6. The van der Waals surface area contributed by atoms with Gasteiger partial charge in [-0.1, -0.05) is 27.7 Å². The molecule has 8 bridgehead atoms. The van der Waals surface area contributed by atoms with Gasteiger partial charge in [0.05, 0.1) is 17.8 Å². The zero-order valence-corrected chi connectivity index (χ0v) is 25.7. The van der Waals surface area contributed by atoms with Crippen LogP contribution in [0.25, 0.3) is 0 Å². The van der Waals surface area contributed by atoms with Crippen LogP contribution in [0.2, 0.25) is 0 Å². The Kier molecular flexibility index (Phi) is 7.74. The highest BCUT2D eigenvalue weighted by atomic mass is 19.1. The highest BCUT2D eigenvalue weighted by molar-refractivity contribution is 5.88. The number of carbonyl (C=O) groups is 1. The Morgan fingerprint density at radius 1 is 0.667 bits per heavy atom. The molecule has 1 aromatic rings. The molecule has 9 rings (SSSR count). The molecule has 0 saturated heterocycles. The van der Waals surface area contributed by atoms with Crippen molar-refractivity contribution in [3.05, 3.63) is 23.5 Å². The van der Waals surface area contributed by atoms with Crippen LogP contribution < -0.4 is 9.47 Å². The molecule has 1 aromatic carbocycles. The summed E-state index contributed by atoms with van der Waals surface area (Å²) >= 11 is 0. The van der Waals surface area contributed by atoms with E-state index in [-0.39, 0.29) is 41.1 Å². The SMILES string of the molecule is CC(C)C(Oc1cc(C(=O)O)cc(OC(OC2C3CC4CC(C3)CC2C4)C(C)C)c1F)OC1C2CC3CC(C2)CC1C3. The van der Waals surface area contributed by atoms with Crippen molar-refractivity contribution in [3.63, 3.8) is 0 Å². The Hall–Kier alpha value is -1.86. The van der Waals surface area contributed by atoms with Gasteiger partial charge < -0.3 is 24.1 Å². The summed E-state index contributed by atoms with van der Waals surface area (Å²) in [5, 5.41) is 9.91. The van der Waals surface area contributed by atoms with Gasteiger partial charge in [0.2, 0.25) is 18.4 Å². The quantitative estimate of drug-likeness (QED) is 0.266. The van der Waals surface area contributed by atoms with Gasteiger partial charge in [0.15, 0.2) is 11.5 Å². The molecule has 0 aliphatic heterocycles. The Balaban J connectivity index is 1.10. The Bertz CT molecular complexity index is 1030. The molecule has 8 saturated carbocycles. The number of benzene rings is 1. The summed E-state index contributed by atoms with van der Waals surface area (Å²) in [6.45, 7) is 8.02. The minimum atomic E-state index is -1.16. The fraction of sp³-hybridized carbons (Fsp3) is 0.800. The van der Waals surface area contributed by atoms with Crippen molar-refractivity contribution in [3.8, 4) is 11.5 Å². The zero-order valence-electron chi connectivity index (χ0n) is 25.7. The molecule has 2 atom stereocenters. The van der Waals surface area contributed by atoms with Crippen LogP contribution in [0.4, 0.5) is 4.39 Å². The number of hydrogen-bond donors (Lipinski definition) is 1. The summed E-state index contributed by atoms with van der Waals surface area (Å²) in [5.41, 5.74) is -0.0735. The monoisotopic (exact) mass is 584 g/mol. The van der Waals surface area contributed by atoms with Gasteiger partial charge in [0.25, 0.3) is 0 Å². The van der Waals surface area contributed by atoms with Crippen molar-refractivity contribution >= 4 is 5.97 Å². The fourth-order valence-corrected chi connectivity index (χ4v) is 10.3. The number of halogens is 1. The average Bonchev–Trinajstić information content (AvgIpc) is 2.91. The molecule has 0 spiro atoms. The van der Waals surface area contributed by atoms with E-state index in [9.17, 15) is 9.90 Å². The van der Waals surface area contributed by atoms with Gasteiger partial charge in [0, 0.05) is 11.8 Å². The molecule has 6 nitrogen and oxygen atoms in total. The van der Waals surface area contributed by atoms with Crippen LogP contribution in [0.1, 0.15) is 102 Å². The van der Waals surface area contributed by atoms with Gasteiger partial charge in [-0.3, -0.25) is 0 Å². The molecule has 232 valence electrons. The molecule has 0 radical (unpaired) electrons. The highest BCUT2D eigenvalue weighted by Crippen LogP contribution is 2.56. The van der Waals surface area contributed by atoms with Crippen molar-refractivity contribution in [2.75, 3.05) is 0 Å². The maximum Gasteiger partial charge on any atom is 0.335 e. The number of hydrogen-bond acceptors (Lipinski definition) is 5. The highest BCUT2D eigenvalue weighted by Gasteiger charge is 2.51. The van der Waals surface area contributed by atoms with Crippen LogP contribution in [-0.4, -0.2) is 35.9 Å². The van der Waals surface area contributed by atoms with E-state index in [1.54, 1.807) is 0 Å². The molecular formula is C35H49FO6. The van der Waals surface area contributed by atoms with Gasteiger partial charge in [-0.15, -0.1) is 0 Å². The first-order chi connectivity index (χ1) is 20.1. The van der Waals surface area contributed by atoms with Crippen LogP contribution in [0.15, 0.2) is 12.1 Å². The first-order valence-electron chi connectivity index (χ1n) is 16.8. The fourth-order valence-electron chi connectivity index (χ4n) is 10.3. The third-order valence-electron chi connectivity index (χ3n) is 11.7. The normalized spacial score (nSPS) is 39.2. The maximum atomic E-state index is 16.1. The van der Waals surface area contributed by atoms with E-state index in [1.807, 2.05) is 27.7 Å². The van der Waals surface area contributed by atoms with Gasteiger partial charge >= 0.3 is 5.97 Å². The molecule has 2 unspecified atom stereocenters. The molecule has 1 N–H and O–H groups in total. The topological polar surface area (TPSA) is 74.2 Å². The van der Waals surface area contributed by atoms with Crippen molar-refractivity contribution in [2.45, 2.75) is 117 Å². The van der Waals surface area contributed by atoms with Crippen molar-refractivity contribution < 1.29 is 33.2 Å². The number of ether oxygens (including phenoxy) is 4. The predicted molar refractivity (Wildman–Crippen MR) is 156 cm³/mol. The van der Waals surface area contributed by atoms with Crippen molar-refractivity contribution in [1.29, 1.82) is 0 Å². The van der Waals surface area contributed by atoms with E-state index >= 15 is 4.39 Å². The average molecular weight is 585 g/mol. The number of aromatic carboxylic acids is 1. The second kappa shape index (κ2) is 11.3. The molecule has 8 aliphatic rings. The number of rotatable bonds is 11. The standard InChI is InChI=1S/C35H49FO6/c1-17(2)34(41-31-23-7-19-5-20(9-23)10-24(31)8-19)39-28-15-27(33(37)38)16-29(30(28)36)40-35(18(3)4)42-32-25-11-21-6-22(13-25)14-26(32)12-21/h15-26,31-32,34-35H,5-14H2,1-4H3,(H,37,38). The third-order valence-corrected chi connectivity index (χ3v) is 11.7. The molecule has 0 amide bonds. The molecule has 8 aliphatic carbocycles. The van der Waals surface area contributed by atoms with Crippen molar-refractivity contribution in [2.24, 2.45) is 59.2 Å². The van der Waals surface area contributed by atoms with E-state index in [1.165, 1.54) is 76.3 Å². The lowest BCUT2D eigenvalue weighted by atomic mass is 9.55. The molecule has 7 heteroatoms. The summed E-state index contributed by atoms with van der Waals surface area (Å²) in [6.07, 6.45) is 11.3. The molecule has 8 fully saturated rings. The smallest absolute Gasteiger partial charge is 0.335 e. The van der Waals surface area contributed by atoms with Gasteiger partial charge in [0.1, 0.15) is 0 Å². The largest absolute Gasteiger partial charge is 0.478 e. The lowest BCUT2D eigenvalue weighted by Crippen LogP contribution is -2.51. The van der Waals surface area contributed by atoms with Gasteiger partial charge in [-0.05, 0) is 124 Å². The Morgan fingerprint density at radius 3 is 1.29 bits per heavy atom. The van der Waals surface area contributed by atoms with Crippen LogP contribution in [0, 0.1) is 65.0 Å². The van der Waals surface area contributed by atoms with E-state index in [0.29, 0.717) is 23.7 Å². The second-order valence-corrected chi connectivity index (χ2v) is 15.6. The number of carboxylic acids is 1. The summed E-state index contributed by atoms with van der Waals surface area (Å²) in [7, 11) is 0. The predicted octanol–water partition coefficient (Wildman–Crippen LogP) is 7.93. The summed E-state index contributed by atoms with van der Waals surface area (Å²) in [5.74, 6) is 3.24. The molecule has 42 heavy (non-hydrogen) atoms. The van der Waals surface area contributed by atoms with E-state index in [2.05, 4.69) is 0 Å². The Labute approximate surface area is 250 Å².